The Kier molecular flexibility index (Phi) is 4.45. The lowest BCUT2D eigenvalue weighted by atomic mass is 10.1. The van der Waals surface area contributed by atoms with Crippen molar-refractivity contribution in [1.82, 2.24) is 29.5 Å². The average Bonchev–Trinajstić information content (AvgIpc) is 3.56. The molecule has 4 heterocycles. The first-order valence-electron chi connectivity index (χ1n) is 10.9. The fraction of sp³-hybridized carbons (Fsp3) is 0.200. The maximum Gasteiger partial charge on any atom is 0.155 e. The zero-order valence-corrected chi connectivity index (χ0v) is 17.8. The molecule has 0 atom stereocenters. The van der Waals surface area contributed by atoms with Crippen LogP contribution in [-0.4, -0.2) is 29.5 Å². The smallest absolute Gasteiger partial charge is 0.155 e. The first-order chi connectivity index (χ1) is 15.7. The van der Waals surface area contributed by atoms with Crippen LogP contribution in [0.2, 0.25) is 0 Å². The number of aromatic amines is 1. The van der Waals surface area contributed by atoms with Gasteiger partial charge in [0.1, 0.15) is 12.2 Å². The van der Waals surface area contributed by atoms with Crippen molar-refractivity contribution in [3.63, 3.8) is 0 Å². The largest absolute Gasteiger partial charge is 0.378 e. The standard InChI is InChI=1S/C25H23N7/c1-16-4-2-7-21(29-16)25-24(19-9-11-23-27-15-28-32(23)14-19)30-22(31-25)13-26-20-10-8-17-5-3-6-18(17)12-20/h2,4,7-12,14-15,26H,3,5-6,13H2,1H3,(H,30,31). The van der Waals surface area contributed by atoms with Crippen molar-refractivity contribution < 1.29 is 0 Å². The molecule has 0 aliphatic heterocycles. The van der Waals surface area contributed by atoms with Gasteiger partial charge in [0.05, 0.1) is 23.6 Å². The van der Waals surface area contributed by atoms with Crippen molar-refractivity contribution in [2.45, 2.75) is 32.7 Å². The van der Waals surface area contributed by atoms with Crippen LogP contribution < -0.4 is 5.32 Å². The summed E-state index contributed by atoms with van der Waals surface area (Å²) in [4.78, 5) is 17.4. The van der Waals surface area contributed by atoms with E-state index in [0.29, 0.717) is 6.54 Å². The molecule has 4 aromatic heterocycles. The second-order valence-electron chi connectivity index (χ2n) is 8.24. The third-order valence-electron chi connectivity index (χ3n) is 6.00. The normalized spacial score (nSPS) is 12.9. The van der Waals surface area contributed by atoms with E-state index in [9.17, 15) is 0 Å². The molecule has 1 aromatic carbocycles. The molecule has 7 nitrogen and oxygen atoms in total. The van der Waals surface area contributed by atoms with Gasteiger partial charge >= 0.3 is 0 Å². The van der Waals surface area contributed by atoms with E-state index in [-0.39, 0.29) is 0 Å². The molecule has 2 N–H and O–H groups in total. The number of H-pyrrole nitrogens is 1. The summed E-state index contributed by atoms with van der Waals surface area (Å²) in [5.74, 6) is 0.859. The number of fused-ring (bicyclic) bond motifs is 2. The van der Waals surface area contributed by atoms with Crippen LogP contribution in [-0.2, 0) is 19.4 Å². The lowest BCUT2D eigenvalue weighted by molar-refractivity contribution is 0.911. The summed E-state index contributed by atoms with van der Waals surface area (Å²) in [5.41, 5.74) is 9.42. The van der Waals surface area contributed by atoms with Crippen molar-refractivity contribution in [2.24, 2.45) is 0 Å². The zero-order valence-electron chi connectivity index (χ0n) is 17.8. The molecule has 0 saturated carbocycles. The molecule has 0 radical (unpaired) electrons. The topological polar surface area (TPSA) is 83.8 Å². The second-order valence-corrected chi connectivity index (χ2v) is 8.24. The van der Waals surface area contributed by atoms with Crippen LogP contribution in [0.5, 0.6) is 0 Å². The maximum atomic E-state index is 4.95. The van der Waals surface area contributed by atoms with Gasteiger partial charge < -0.3 is 10.3 Å². The van der Waals surface area contributed by atoms with Crippen LogP contribution in [0.4, 0.5) is 5.69 Å². The number of pyridine rings is 2. The minimum absolute atomic E-state index is 0.600. The van der Waals surface area contributed by atoms with E-state index in [1.165, 1.54) is 30.4 Å². The van der Waals surface area contributed by atoms with Crippen molar-refractivity contribution in [3.05, 3.63) is 83.7 Å². The molecule has 6 rings (SSSR count). The molecule has 1 aliphatic carbocycles. The second kappa shape index (κ2) is 7.60. The third kappa shape index (κ3) is 3.41. The molecule has 5 aromatic rings. The monoisotopic (exact) mass is 421 g/mol. The summed E-state index contributed by atoms with van der Waals surface area (Å²) in [6, 6.07) is 16.7. The highest BCUT2D eigenvalue weighted by Crippen LogP contribution is 2.30. The van der Waals surface area contributed by atoms with Crippen LogP contribution in [0.25, 0.3) is 28.3 Å². The summed E-state index contributed by atoms with van der Waals surface area (Å²) < 4.78 is 1.76. The van der Waals surface area contributed by atoms with Crippen molar-refractivity contribution in [1.29, 1.82) is 0 Å². The first-order valence-corrected chi connectivity index (χ1v) is 10.9. The Balaban J connectivity index is 1.36. The predicted molar refractivity (Wildman–Crippen MR) is 124 cm³/mol. The highest BCUT2D eigenvalue weighted by Gasteiger charge is 2.17. The summed E-state index contributed by atoms with van der Waals surface area (Å²) in [6.07, 6.45) is 7.13. The van der Waals surface area contributed by atoms with Crippen LogP contribution >= 0.6 is 0 Å². The van der Waals surface area contributed by atoms with Crippen LogP contribution in [0, 0.1) is 6.92 Å². The third-order valence-corrected chi connectivity index (χ3v) is 6.00. The number of hydrogen-bond donors (Lipinski definition) is 2. The molecule has 158 valence electrons. The fourth-order valence-electron chi connectivity index (χ4n) is 4.41. The van der Waals surface area contributed by atoms with Gasteiger partial charge in [0, 0.05) is 23.1 Å². The lowest BCUT2D eigenvalue weighted by Crippen LogP contribution is -2.02. The molecule has 0 unspecified atom stereocenters. The summed E-state index contributed by atoms with van der Waals surface area (Å²) in [7, 11) is 0. The number of benzene rings is 1. The summed E-state index contributed by atoms with van der Waals surface area (Å²) in [5, 5.41) is 7.80. The molecule has 7 heteroatoms. The number of imidazole rings is 1. The highest BCUT2D eigenvalue weighted by molar-refractivity contribution is 5.77. The Morgan fingerprint density at radius 2 is 1.97 bits per heavy atom. The van der Waals surface area contributed by atoms with Crippen molar-refractivity contribution in [2.75, 3.05) is 5.32 Å². The van der Waals surface area contributed by atoms with E-state index in [2.05, 4.69) is 38.6 Å². The molecule has 0 saturated heterocycles. The van der Waals surface area contributed by atoms with Crippen molar-refractivity contribution in [3.8, 4) is 22.6 Å². The van der Waals surface area contributed by atoms with Gasteiger partial charge in [-0.2, -0.15) is 5.10 Å². The van der Waals surface area contributed by atoms with Gasteiger partial charge in [-0.15, -0.1) is 0 Å². The molecule has 32 heavy (non-hydrogen) atoms. The van der Waals surface area contributed by atoms with E-state index in [1.54, 1.807) is 10.8 Å². The Bertz CT molecular complexity index is 1430. The Morgan fingerprint density at radius 3 is 2.91 bits per heavy atom. The number of nitrogens with one attached hydrogen (secondary N) is 2. The minimum Gasteiger partial charge on any atom is -0.378 e. The van der Waals surface area contributed by atoms with Gasteiger partial charge in [0.15, 0.2) is 5.65 Å². The Labute approximate surface area is 185 Å². The molecule has 1 aliphatic rings. The van der Waals surface area contributed by atoms with E-state index < -0.39 is 0 Å². The minimum atomic E-state index is 0.600. The SMILES string of the molecule is Cc1cccc(-c2[nH]c(CNc3ccc4c(c3)CCC4)nc2-c2ccc3ncnn3c2)n1. The maximum absolute atomic E-state index is 4.95. The number of aryl methyl sites for hydroxylation is 3. The summed E-state index contributed by atoms with van der Waals surface area (Å²) >= 11 is 0. The quantitative estimate of drug-likeness (QED) is 0.434. The van der Waals surface area contributed by atoms with E-state index in [0.717, 1.165) is 45.5 Å². The average molecular weight is 422 g/mol. The lowest BCUT2D eigenvalue weighted by Gasteiger charge is -2.07. The number of rotatable bonds is 5. The van der Waals surface area contributed by atoms with E-state index >= 15 is 0 Å². The number of hydrogen-bond acceptors (Lipinski definition) is 5. The predicted octanol–water partition coefficient (Wildman–Crippen LogP) is 4.59. The molecule has 0 fully saturated rings. The van der Waals surface area contributed by atoms with Gasteiger partial charge in [-0.25, -0.2) is 14.5 Å². The Morgan fingerprint density at radius 1 is 1.03 bits per heavy atom. The zero-order chi connectivity index (χ0) is 21.5. The van der Waals surface area contributed by atoms with Gasteiger partial charge in [-0.3, -0.25) is 4.98 Å². The number of aromatic nitrogens is 6. The van der Waals surface area contributed by atoms with Crippen LogP contribution in [0.3, 0.4) is 0 Å². The van der Waals surface area contributed by atoms with Gasteiger partial charge in [-0.05, 0) is 73.7 Å². The van der Waals surface area contributed by atoms with Crippen molar-refractivity contribution >= 4 is 11.3 Å². The molecule has 0 spiro atoms. The van der Waals surface area contributed by atoms with E-state index in [4.69, 9.17) is 9.97 Å². The van der Waals surface area contributed by atoms with Gasteiger partial charge in [-0.1, -0.05) is 12.1 Å². The van der Waals surface area contributed by atoms with Gasteiger partial charge in [0.2, 0.25) is 0 Å². The molecule has 0 amide bonds. The number of nitrogens with zero attached hydrogens (tertiary/aromatic N) is 5. The fourth-order valence-corrected chi connectivity index (χ4v) is 4.41. The van der Waals surface area contributed by atoms with Crippen LogP contribution in [0.1, 0.15) is 29.1 Å². The van der Waals surface area contributed by atoms with Gasteiger partial charge in [0.25, 0.3) is 0 Å². The highest BCUT2D eigenvalue weighted by atomic mass is 15.3. The molecular weight excluding hydrogens is 398 g/mol. The number of anilines is 1. The van der Waals surface area contributed by atoms with Crippen LogP contribution in [0.15, 0.2) is 61.1 Å². The molecular formula is C25H23N7. The Hall–Kier alpha value is -4.00. The first kappa shape index (κ1) is 18.7. The summed E-state index contributed by atoms with van der Waals surface area (Å²) in [6.45, 7) is 2.60. The molecule has 0 bridgehead atoms. The van der Waals surface area contributed by atoms with E-state index in [1.807, 2.05) is 43.5 Å².